The number of thiophene rings is 1. The molecule has 2 heterocycles. The third-order valence-corrected chi connectivity index (χ3v) is 4.36. The first-order valence-corrected chi connectivity index (χ1v) is 6.93. The van der Waals surface area contributed by atoms with Crippen LogP contribution in [-0.2, 0) is 22.6 Å². The van der Waals surface area contributed by atoms with Crippen LogP contribution in [0.3, 0.4) is 0 Å². The van der Waals surface area contributed by atoms with E-state index >= 15 is 0 Å². The SMILES string of the molecule is CC(C)(CNC(=O)c1cc2c(s1)CCOC2)C(=O)O. The molecule has 2 N–H and O–H groups in total. The van der Waals surface area contributed by atoms with Gasteiger partial charge in [0.2, 0.25) is 0 Å². The molecule has 0 aromatic carbocycles. The van der Waals surface area contributed by atoms with Gasteiger partial charge in [0.05, 0.1) is 23.5 Å². The second-order valence-corrected chi connectivity index (χ2v) is 6.37. The highest BCUT2D eigenvalue weighted by atomic mass is 32.1. The summed E-state index contributed by atoms with van der Waals surface area (Å²) in [7, 11) is 0. The van der Waals surface area contributed by atoms with Gasteiger partial charge >= 0.3 is 5.97 Å². The van der Waals surface area contributed by atoms with Crippen molar-refractivity contribution in [1.82, 2.24) is 5.32 Å². The van der Waals surface area contributed by atoms with E-state index in [9.17, 15) is 9.59 Å². The van der Waals surface area contributed by atoms with Crippen molar-refractivity contribution >= 4 is 23.2 Å². The van der Waals surface area contributed by atoms with E-state index in [-0.39, 0.29) is 12.5 Å². The van der Waals surface area contributed by atoms with Gasteiger partial charge in [-0.05, 0) is 25.5 Å². The predicted molar refractivity (Wildman–Crippen MR) is 71.4 cm³/mol. The molecule has 5 nitrogen and oxygen atoms in total. The Morgan fingerprint density at radius 2 is 2.26 bits per heavy atom. The molecule has 19 heavy (non-hydrogen) atoms. The lowest BCUT2D eigenvalue weighted by Gasteiger charge is -2.19. The molecule has 6 heteroatoms. The van der Waals surface area contributed by atoms with Crippen molar-refractivity contribution in [3.8, 4) is 0 Å². The van der Waals surface area contributed by atoms with Crippen molar-refractivity contribution in [2.45, 2.75) is 26.9 Å². The van der Waals surface area contributed by atoms with E-state index in [1.165, 1.54) is 16.2 Å². The number of carboxylic acid groups (broad SMARTS) is 1. The molecule has 1 aliphatic heterocycles. The first-order valence-electron chi connectivity index (χ1n) is 6.11. The number of carbonyl (C=O) groups excluding carboxylic acids is 1. The highest BCUT2D eigenvalue weighted by molar-refractivity contribution is 7.14. The molecule has 0 saturated carbocycles. The fourth-order valence-electron chi connectivity index (χ4n) is 1.72. The van der Waals surface area contributed by atoms with E-state index in [4.69, 9.17) is 9.84 Å². The van der Waals surface area contributed by atoms with E-state index in [0.717, 1.165) is 12.0 Å². The Hall–Kier alpha value is -1.40. The summed E-state index contributed by atoms with van der Waals surface area (Å²) in [5.41, 5.74) is 0.106. The molecule has 1 aliphatic rings. The Morgan fingerprint density at radius 1 is 1.53 bits per heavy atom. The lowest BCUT2D eigenvalue weighted by molar-refractivity contribution is -0.146. The van der Waals surface area contributed by atoms with Crippen LogP contribution < -0.4 is 5.32 Å². The number of hydrogen-bond donors (Lipinski definition) is 2. The number of carbonyl (C=O) groups is 2. The van der Waals surface area contributed by atoms with Gasteiger partial charge in [-0.3, -0.25) is 9.59 Å². The number of aliphatic carboxylic acids is 1. The average molecular weight is 283 g/mol. The molecular formula is C13H17NO4S. The zero-order chi connectivity index (χ0) is 14.0. The molecular weight excluding hydrogens is 266 g/mol. The summed E-state index contributed by atoms with van der Waals surface area (Å²) in [6.07, 6.45) is 0.841. The molecule has 0 aliphatic carbocycles. The zero-order valence-corrected chi connectivity index (χ0v) is 11.8. The molecule has 0 radical (unpaired) electrons. The molecule has 1 aromatic heterocycles. The summed E-state index contributed by atoms with van der Waals surface area (Å²) < 4.78 is 5.33. The van der Waals surface area contributed by atoms with Gasteiger partial charge < -0.3 is 15.2 Å². The van der Waals surface area contributed by atoms with Crippen molar-refractivity contribution in [3.05, 3.63) is 21.4 Å². The van der Waals surface area contributed by atoms with E-state index in [1.807, 2.05) is 6.07 Å². The van der Waals surface area contributed by atoms with Gasteiger partial charge in [0.15, 0.2) is 0 Å². The predicted octanol–water partition coefficient (Wildman–Crippen LogP) is 1.66. The van der Waals surface area contributed by atoms with Crippen LogP contribution >= 0.6 is 11.3 Å². The maximum Gasteiger partial charge on any atom is 0.310 e. The number of nitrogens with one attached hydrogen (secondary N) is 1. The second-order valence-electron chi connectivity index (χ2n) is 5.23. The van der Waals surface area contributed by atoms with Crippen molar-refractivity contribution < 1.29 is 19.4 Å². The van der Waals surface area contributed by atoms with Gasteiger partial charge in [-0.2, -0.15) is 0 Å². The van der Waals surface area contributed by atoms with E-state index in [0.29, 0.717) is 18.1 Å². The topological polar surface area (TPSA) is 75.6 Å². The minimum absolute atomic E-state index is 0.111. The van der Waals surface area contributed by atoms with Crippen molar-refractivity contribution in [2.24, 2.45) is 5.41 Å². The molecule has 0 atom stereocenters. The monoisotopic (exact) mass is 283 g/mol. The number of amides is 1. The molecule has 1 amide bonds. The average Bonchev–Trinajstić information content (AvgIpc) is 2.79. The maximum atomic E-state index is 12.0. The Balaban J connectivity index is 2.00. The van der Waals surface area contributed by atoms with Crippen LogP contribution in [0.25, 0.3) is 0 Å². The standard InChI is InChI=1S/C13H17NO4S/c1-13(2,12(16)17)7-14-11(15)10-5-8-6-18-4-3-9(8)19-10/h5H,3-4,6-7H2,1-2H3,(H,14,15)(H,16,17). The molecule has 2 rings (SSSR count). The van der Waals surface area contributed by atoms with Gasteiger partial charge in [0.25, 0.3) is 5.91 Å². The third-order valence-electron chi connectivity index (χ3n) is 3.12. The molecule has 0 spiro atoms. The second kappa shape index (κ2) is 5.30. The van der Waals surface area contributed by atoms with Crippen molar-refractivity contribution in [2.75, 3.05) is 13.2 Å². The summed E-state index contributed by atoms with van der Waals surface area (Å²) in [4.78, 5) is 24.8. The van der Waals surface area contributed by atoms with Crippen molar-refractivity contribution in [1.29, 1.82) is 0 Å². The van der Waals surface area contributed by atoms with Gasteiger partial charge in [0.1, 0.15) is 0 Å². The van der Waals surface area contributed by atoms with Gasteiger partial charge in [-0.15, -0.1) is 11.3 Å². The van der Waals surface area contributed by atoms with Crippen LogP contribution in [0.2, 0.25) is 0 Å². The van der Waals surface area contributed by atoms with Crippen molar-refractivity contribution in [3.63, 3.8) is 0 Å². The Bertz CT molecular complexity index is 483. The van der Waals surface area contributed by atoms with E-state index in [2.05, 4.69) is 5.32 Å². The van der Waals surface area contributed by atoms with E-state index < -0.39 is 11.4 Å². The third kappa shape index (κ3) is 3.13. The van der Waals surface area contributed by atoms with Gasteiger partial charge in [-0.1, -0.05) is 0 Å². The van der Waals surface area contributed by atoms with Crippen LogP contribution in [-0.4, -0.2) is 30.1 Å². The summed E-state index contributed by atoms with van der Waals surface area (Å²) in [5, 5.41) is 11.7. The number of hydrogen-bond acceptors (Lipinski definition) is 4. The van der Waals surface area contributed by atoms with Crippen LogP contribution in [0.15, 0.2) is 6.07 Å². The summed E-state index contributed by atoms with van der Waals surface area (Å²) in [6.45, 7) is 4.53. The highest BCUT2D eigenvalue weighted by Gasteiger charge is 2.28. The molecule has 0 unspecified atom stereocenters. The first kappa shape index (κ1) is 14.0. The maximum absolute atomic E-state index is 12.0. The molecule has 0 bridgehead atoms. The Morgan fingerprint density at radius 3 is 2.89 bits per heavy atom. The van der Waals surface area contributed by atoms with Crippen LogP contribution in [0.4, 0.5) is 0 Å². The zero-order valence-electron chi connectivity index (χ0n) is 11.0. The molecule has 1 aromatic rings. The van der Waals surface area contributed by atoms with Crippen LogP contribution in [0, 0.1) is 5.41 Å². The lowest BCUT2D eigenvalue weighted by atomic mass is 9.94. The first-order chi connectivity index (χ1) is 8.90. The number of carboxylic acids is 1. The Labute approximate surface area is 115 Å². The van der Waals surface area contributed by atoms with Crippen LogP contribution in [0.1, 0.15) is 34.0 Å². The largest absolute Gasteiger partial charge is 0.481 e. The smallest absolute Gasteiger partial charge is 0.310 e. The summed E-state index contributed by atoms with van der Waals surface area (Å²) >= 11 is 1.46. The minimum atomic E-state index is -0.963. The Kier molecular flexibility index (Phi) is 3.91. The number of rotatable bonds is 4. The molecule has 0 saturated heterocycles. The quantitative estimate of drug-likeness (QED) is 0.881. The van der Waals surface area contributed by atoms with Gasteiger partial charge in [0, 0.05) is 17.8 Å². The lowest BCUT2D eigenvalue weighted by Crippen LogP contribution is -2.38. The normalized spacial score (nSPS) is 14.8. The number of ether oxygens (including phenoxy) is 1. The van der Waals surface area contributed by atoms with Crippen LogP contribution in [0.5, 0.6) is 0 Å². The highest BCUT2D eigenvalue weighted by Crippen LogP contribution is 2.27. The fraction of sp³-hybridized carbons (Fsp3) is 0.538. The summed E-state index contributed by atoms with van der Waals surface area (Å²) in [5.74, 6) is -1.14. The molecule has 104 valence electrons. The van der Waals surface area contributed by atoms with Gasteiger partial charge in [-0.25, -0.2) is 0 Å². The molecule has 0 fully saturated rings. The number of fused-ring (bicyclic) bond motifs is 1. The summed E-state index contributed by atoms with van der Waals surface area (Å²) in [6, 6.07) is 1.84. The van der Waals surface area contributed by atoms with E-state index in [1.54, 1.807) is 13.8 Å². The fourth-order valence-corrected chi connectivity index (χ4v) is 2.79. The minimum Gasteiger partial charge on any atom is -0.481 e.